The van der Waals surface area contributed by atoms with Crippen LogP contribution >= 0.6 is 0 Å². The minimum atomic E-state index is -0.439. The lowest BCUT2D eigenvalue weighted by molar-refractivity contribution is 0.0740. The first kappa shape index (κ1) is 14.0. The zero-order valence-electron chi connectivity index (χ0n) is 11.7. The molecule has 1 saturated heterocycles. The van der Waals surface area contributed by atoms with Crippen molar-refractivity contribution in [3.63, 3.8) is 0 Å². The summed E-state index contributed by atoms with van der Waals surface area (Å²) in [5.74, 6) is -0.119. The Morgan fingerprint density at radius 3 is 3.05 bits per heavy atom. The van der Waals surface area contributed by atoms with Crippen LogP contribution in [0.4, 0.5) is 0 Å². The molecule has 0 aliphatic carbocycles. The van der Waals surface area contributed by atoms with Crippen molar-refractivity contribution in [1.82, 2.24) is 19.1 Å². The SMILES string of the molecule is O=C(CN1CCCC(CO)C1)n1nc2ccccn2c1=O. The predicted molar refractivity (Wildman–Crippen MR) is 76.3 cm³/mol. The van der Waals surface area contributed by atoms with E-state index in [1.807, 2.05) is 4.90 Å². The van der Waals surface area contributed by atoms with Gasteiger partial charge in [0, 0.05) is 19.3 Å². The zero-order chi connectivity index (χ0) is 14.8. The molecule has 1 unspecified atom stereocenters. The van der Waals surface area contributed by atoms with Crippen molar-refractivity contribution in [2.24, 2.45) is 5.92 Å². The summed E-state index contributed by atoms with van der Waals surface area (Å²) in [5, 5.41) is 13.3. The molecule has 2 aromatic rings. The molecule has 0 spiro atoms. The summed E-state index contributed by atoms with van der Waals surface area (Å²) in [6, 6.07) is 5.18. The Balaban J connectivity index is 1.78. The van der Waals surface area contributed by atoms with E-state index in [1.54, 1.807) is 24.4 Å². The number of piperidine rings is 1. The number of aromatic nitrogens is 3. The molecule has 3 heterocycles. The van der Waals surface area contributed by atoms with Crippen LogP contribution in [-0.2, 0) is 0 Å². The van der Waals surface area contributed by atoms with Crippen molar-refractivity contribution in [2.45, 2.75) is 12.8 Å². The summed E-state index contributed by atoms with van der Waals surface area (Å²) in [4.78, 5) is 26.4. The van der Waals surface area contributed by atoms with Gasteiger partial charge in [-0.1, -0.05) is 6.07 Å². The standard InChI is InChI=1S/C14H18N4O3/c19-10-11-4-3-6-16(8-11)9-13(20)18-14(21)17-7-2-1-5-12(17)15-18/h1-2,5,7,11,19H,3-4,6,8-10H2. The van der Waals surface area contributed by atoms with Gasteiger partial charge in [-0.25, -0.2) is 9.20 Å². The van der Waals surface area contributed by atoms with Crippen LogP contribution in [0.3, 0.4) is 0 Å². The first-order valence-corrected chi connectivity index (χ1v) is 7.12. The quantitative estimate of drug-likeness (QED) is 0.849. The van der Waals surface area contributed by atoms with Crippen LogP contribution in [0.25, 0.3) is 5.65 Å². The normalized spacial score (nSPS) is 20.0. The van der Waals surface area contributed by atoms with Crippen LogP contribution < -0.4 is 5.69 Å². The molecule has 1 aliphatic heterocycles. The molecule has 0 aromatic carbocycles. The second kappa shape index (κ2) is 5.79. The zero-order valence-corrected chi connectivity index (χ0v) is 11.7. The van der Waals surface area contributed by atoms with E-state index in [9.17, 15) is 14.7 Å². The fourth-order valence-corrected chi connectivity index (χ4v) is 2.79. The fraction of sp³-hybridized carbons (Fsp3) is 0.500. The number of fused-ring (bicyclic) bond motifs is 1. The van der Waals surface area contributed by atoms with Crippen LogP contribution in [0, 0.1) is 5.92 Å². The van der Waals surface area contributed by atoms with Crippen molar-refractivity contribution in [2.75, 3.05) is 26.2 Å². The smallest absolute Gasteiger partial charge is 0.357 e. The number of hydrogen-bond acceptors (Lipinski definition) is 5. The lowest BCUT2D eigenvalue weighted by Crippen LogP contribution is -2.43. The topological polar surface area (TPSA) is 79.8 Å². The van der Waals surface area contributed by atoms with Gasteiger partial charge in [0.1, 0.15) is 0 Å². The molecule has 0 amide bonds. The predicted octanol–water partition coefficient (Wildman–Crippen LogP) is -0.160. The maximum Gasteiger partial charge on any atom is 0.357 e. The van der Waals surface area contributed by atoms with Crippen molar-refractivity contribution < 1.29 is 9.90 Å². The van der Waals surface area contributed by atoms with E-state index >= 15 is 0 Å². The molecule has 21 heavy (non-hydrogen) atoms. The van der Waals surface area contributed by atoms with Gasteiger partial charge in [0.25, 0.3) is 5.91 Å². The van der Waals surface area contributed by atoms with Crippen LogP contribution in [0.2, 0.25) is 0 Å². The molecule has 0 saturated carbocycles. The average Bonchev–Trinajstić information content (AvgIpc) is 2.85. The highest BCUT2D eigenvalue weighted by atomic mass is 16.3. The highest BCUT2D eigenvalue weighted by molar-refractivity contribution is 5.80. The van der Waals surface area contributed by atoms with E-state index in [4.69, 9.17) is 0 Å². The van der Waals surface area contributed by atoms with E-state index in [2.05, 4.69) is 5.10 Å². The van der Waals surface area contributed by atoms with Gasteiger partial charge >= 0.3 is 5.69 Å². The number of rotatable bonds is 3. The number of aliphatic hydroxyl groups excluding tert-OH is 1. The van der Waals surface area contributed by atoms with Crippen LogP contribution in [0.1, 0.15) is 17.6 Å². The summed E-state index contributed by atoms with van der Waals surface area (Å²) >= 11 is 0. The number of pyridine rings is 1. The summed E-state index contributed by atoms with van der Waals surface area (Å²) in [7, 11) is 0. The van der Waals surface area contributed by atoms with Crippen molar-refractivity contribution in [3.8, 4) is 0 Å². The molecule has 7 heteroatoms. The van der Waals surface area contributed by atoms with E-state index in [-0.39, 0.29) is 25.0 Å². The fourth-order valence-electron chi connectivity index (χ4n) is 2.79. The van der Waals surface area contributed by atoms with Gasteiger partial charge in [-0.2, -0.15) is 0 Å². The first-order valence-electron chi connectivity index (χ1n) is 7.12. The van der Waals surface area contributed by atoms with Crippen LogP contribution in [-0.4, -0.2) is 56.3 Å². The molecule has 0 radical (unpaired) electrons. The number of carbonyl (C=O) groups excluding carboxylic acids is 1. The van der Waals surface area contributed by atoms with Gasteiger partial charge in [0.05, 0.1) is 6.54 Å². The average molecular weight is 290 g/mol. The van der Waals surface area contributed by atoms with Gasteiger partial charge in [-0.3, -0.25) is 9.69 Å². The molecule has 112 valence electrons. The maximum atomic E-state index is 12.3. The van der Waals surface area contributed by atoms with Gasteiger partial charge in [-0.15, -0.1) is 9.78 Å². The molecule has 1 atom stereocenters. The molecule has 7 nitrogen and oxygen atoms in total. The minimum absolute atomic E-state index is 0.138. The Kier molecular flexibility index (Phi) is 3.85. The lowest BCUT2D eigenvalue weighted by atomic mass is 9.99. The molecular formula is C14H18N4O3. The van der Waals surface area contributed by atoms with E-state index in [0.717, 1.165) is 24.1 Å². The molecule has 1 N–H and O–H groups in total. The molecule has 0 bridgehead atoms. The molecule has 1 fully saturated rings. The van der Waals surface area contributed by atoms with Crippen molar-refractivity contribution >= 4 is 11.6 Å². The van der Waals surface area contributed by atoms with Crippen LogP contribution in [0.5, 0.6) is 0 Å². The van der Waals surface area contributed by atoms with Crippen molar-refractivity contribution in [1.29, 1.82) is 0 Å². The second-order valence-electron chi connectivity index (χ2n) is 5.44. The van der Waals surface area contributed by atoms with Crippen LogP contribution in [0.15, 0.2) is 29.2 Å². The Morgan fingerprint density at radius 1 is 1.43 bits per heavy atom. The largest absolute Gasteiger partial charge is 0.396 e. The first-order chi connectivity index (χ1) is 10.2. The van der Waals surface area contributed by atoms with E-state index < -0.39 is 5.69 Å². The number of hydrogen-bond donors (Lipinski definition) is 1. The Morgan fingerprint density at radius 2 is 2.29 bits per heavy atom. The monoisotopic (exact) mass is 290 g/mol. The number of nitrogens with zero attached hydrogens (tertiary/aromatic N) is 4. The third kappa shape index (κ3) is 2.74. The minimum Gasteiger partial charge on any atom is -0.396 e. The lowest BCUT2D eigenvalue weighted by Gasteiger charge is -2.30. The highest BCUT2D eigenvalue weighted by Gasteiger charge is 2.23. The molecule has 2 aromatic heterocycles. The number of likely N-dealkylation sites (tertiary alicyclic amines) is 1. The third-order valence-corrected chi connectivity index (χ3v) is 3.88. The third-order valence-electron chi connectivity index (χ3n) is 3.88. The number of aliphatic hydroxyl groups is 1. The van der Waals surface area contributed by atoms with E-state index in [0.29, 0.717) is 12.2 Å². The summed E-state index contributed by atoms with van der Waals surface area (Å²) in [6.07, 6.45) is 3.53. The maximum absolute atomic E-state index is 12.3. The number of carbonyl (C=O) groups is 1. The highest BCUT2D eigenvalue weighted by Crippen LogP contribution is 2.15. The van der Waals surface area contributed by atoms with E-state index in [1.165, 1.54) is 4.40 Å². The summed E-state index contributed by atoms with van der Waals surface area (Å²) < 4.78 is 2.28. The van der Waals surface area contributed by atoms with Gasteiger partial charge in [-0.05, 0) is 37.4 Å². The second-order valence-corrected chi connectivity index (χ2v) is 5.44. The Labute approximate surface area is 121 Å². The summed E-state index contributed by atoms with van der Waals surface area (Å²) in [5.41, 5.74) is 0.0223. The Hall–Kier alpha value is -1.99. The summed E-state index contributed by atoms with van der Waals surface area (Å²) in [6.45, 7) is 1.79. The van der Waals surface area contributed by atoms with Gasteiger partial charge < -0.3 is 5.11 Å². The van der Waals surface area contributed by atoms with Gasteiger partial charge in [0.2, 0.25) is 0 Å². The molecular weight excluding hydrogens is 272 g/mol. The molecule has 1 aliphatic rings. The Bertz CT molecular complexity index is 706. The van der Waals surface area contributed by atoms with Crippen molar-refractivity contribution in [3.05, 3.63) is 34.9 Å². The van der Waals surface area contributed by atoms with Gasteiger partial charge in [0.15, 0.2) is 5.65 Å². The molecule has 3 rings (SSSR count).